The zero-order valence-corrected chi connectivity index (χ0v) is 13.9. The molecule has 19 heavy (non-hydrogen) atoms. The summed E-state index contributed by atoms with van der Waals surface area (Å²) < 4.78 is 1.19. The molecular formula is C14H21BrN2OS. The van der Waals surface area contributed by atoms with Crippen LogP contribution in [0.1, 0.15) is 31.6 Å². The predicted molar refractivity (Wildman–Crippen MR) is 83.3 cm³/mol. The highest BCUT2D eigenvalue weighted by Gasteiger charge is 2.23. The summed E-state index contributed by atoms with van der Waals surface area (Å²) in [4.78, 5) is 15.2. The Labute approximate surface area is 127 Å². The molecule has 0 aromatic carbocycles. The SMILES string of the molecule is CC(C)C(=O)N1CCC(NCc2sccc2Br)CC1. The second kappa shape index (κ2) is 6.86. The third-order valence-corrected chi connectivity index (χ3v) is 5.47. The Kier molecular flexibility index (Phi) is 5.42. The highest BCUT2D eigenvalue weighted by atomic mass is 79.9. The van der Waals surface area contributed by atoms with Crippen LogP contribution in [0.5, 0.6) is 0 Å². The number of halogens is 1. The Balaban J connectivity index is 1.75. The van der Waals surface area contributed by atoms with Crippen molar-refractivity contribution in [2.75, 3.05) is 13.1 Å². The molecule has 5 heteroatoms. The van der Waals surface area contributed by atoms with Crippen LogP contribution in [0.15, 0.2) is 15.9 Å². The van der Waals surface area contributed by atoms with Crippen LogP contribution in [0.25, 0.3) is 0 Å². The number of carbonyl (C=O) groups is 1. The fourth-order valence-electron chi connectivity index (χ4n) is 2.36. The number of thiophene rings is 1. The van der Waals surface area contributed by atoms with E-state index >= 15 is 0 Å². The van der Waals surface area contributed by atoms with Gasteiger partial charge in [0, 0.05) is 40.9 Å². The van der Waals surface area contributed by atoms with Crippen LogP contribution in [-0.2, 0) is 11.3 Å². The molecule has 1 aliphatic heterocycles. The Morgan fingerprint density at radius 3 is 2.74 bits per heavy atom. The number of hydrogen-bond donors (Lipinski definition) is 1. The van der Waals surface area contributed by atoms with Gasteiger partial charge in [0.05, 0.1) is 0 Å². The van der Waals surface area contributed by atoms with Crippen LogP contribution in [0.2, 0.25) is 0 Å². The van der Waals surface area contributed by atoms with E-state index in [1.54, 1.807) is 11.3 Å². The summed E-state index contributed by atoms with van der Waals surface area (Å²) in [5.41, 5.74) is 0. The molecule has 0 aliphatic carbocycles. The van der Waals surface area contributed by atoms with E-state index in [9.17, 15) is 4.79 Å². The van der Waals surface area contributed by atoms with Gasteiger partial charge in [-0.05, 0) is 40.2 Å². The van der Waals surface area contributed by atoms with Crippen molar-refractivity contribution in [3.05, 3.63) is 20.8 Å². The van der Waals surface area contributed by atoms with Gasteiger partial charge in [-0.1, -0.05) is 13.8 Å². The van der Waals surface area contributed by atoms with Crippen LogP contribution < -0.4 is 5.32 Å². The number of amides is 1. The van der Waals surface area contributed by atoms with Crippen molar-refractivity contribution in [3.8, 4) is 0 Å². The van der Waals surface area contributed by atoms with E-state index in [2.05, 4.69) is 32.7 Å². The summed E-state index contributed by atoms with van der Waals surface area (Å²) in [5.74, 6) is 0.408. The minimum absolute atomic E-state index is 0.117. The van der Waals surface area contributed by atoms with E-state index in [-0.39, 0.29) is 5.92 Å². The van der Waals surface area contributed by atoms with Gasteiger partial charge in [0.25, 0.3) is 0 Å². The van der Waals surface area contributed by atoms with Gasteiger partial charge in [-0.25, -0.2) is 0 Å². The molecule has 3 nitrogen and oxygen atoms in total. The van der Waals surface area contributed by atoms with E-state index in [1.165, 1.54) is 9.35 Å². The molecule has 0 saturated carbocycles. The molecule has 0 bridgehead atoms. The molecule has 1 amide bonds. The number of piperidine rings is 1. The second-order valence-corrected chi connectivity index (χ2v) is 7.18. The van der Waals surface area contributed by atoms with E-state index in [0.717, 1.165) is 32.5 Å². The van der Waals surface area contributed by atoms with Crippen molar-refractivity contribution in [1.29, 1.82) is 0 Å². The first-order valence-electron chi connectivity index (χ1n) is 6.82. The van der Waals surface area contributed by atoms with Gasteiger partial charge < -0.3 is 10.2 Å². The first-order valence-corrected chi connectivity index (χ1v) is 8.49. The van der Waals surface area contributed by atoms with Gasteiger partial charge in [0.1, 0.15) is 0 Å². The Bertz CT molecular complexity index is 425. The van der Waals surface area contributed by atoms with Crippen LogP contribution in [0.4, 0.5) is 0 Å². The lowest BCUT2D eigenvalue weighted by Crippen LogP contribution is -2.45. The Morgan fingerprint density at radius 2 is 2.21 bits per heavy atom. The quantitative estimate of drug-likeness (QED) is 0.909. The van der Waals surface area contributed by atoms with Crippen molar-refractivity contribution >= 4 is 33.2 Å². The summed E-state index contributed by atoms with van der Waals surface area (Å²) >= 11 is 5.33. The van der Waals surface area contributed by atoms with Crippen LogP contribution in [0.3, 0.4) is 0 Å². The number of nitrogens with zero attached hydrogens (tertiary/aromatic N) is 1. The minimum atomic E-state index is 0.117. The molecule has 1 aromatic rings. The average molecular weight is 345 g/mol. The van der Waals surface area contributed by atoms with Crippen molar-refractivity contribution in [2.45, 2.75) is 39.3 Å². The molecule has 2 heterocycles. The van der Waals surface area contributed by atoms with E-state index in [4.69, 9.17) is 0 Å². The molecule has 1 saturated heterocycles. The first kappa shape index (κ1) is 15.0. The highest BCUT2D eigenvalue weighted by Crippen LogP contribution is 2.23. The van der Waals surface area contributed by atoms with E-state index < -0.39 is 0 Å². The zero-order valence-electron chi connectivity index (χ0n) is 11.5. The average Bonchev–Trinajstić information content (AvgIpc) is 2.81. The standard InChI is InChI=1S/C14H21BrN2OS/c1-10(2)14(18)17-6-3-11(4-7-17)16-9-13-12(15)5-8-19-13/h5,8,10-11,16H,3-4,6-7,9H2,1-2H3. The molecule has 0 atom stereocenters. The molecule has 1 aliphatic rings. The van der Waals surface area contributed by atoms with Crippen molar-refractivity contribution < 1.29 is 4.79 Å². The van der Waals surface area contributed by atoms with E-state index in [1.807, 2.05) is 18.7 Å². The van der Waals surface area contributed by atoms with Crippen molar-refractivity contribution in [1.82, 2.24) is 10.2 Å². The topological polar surface area (TPSA) is 32.3 Å². The summed E-state index contributed by atoms with van der Waals surface area (Å²) in [6.45, 7) is 6.64. The number of nitrogens with one attached hydrogen (secondary N) is 1. The maximum Gasteiger partial charge on any atom is 0.225 e. The second-order valence-electron chi connectivity index (χ2n) is 5.33. The van der Waals surface area contributed by atoms with Gasteiger partial charge in [0.15, 0.2) is 0 Å². The normalized spacial score (nSPS) is 17.2. The number of likely N-dealkylation sites (tertiary alicyclic amines) is 1. The first-order chi connectivity index (χ1) is 9.08. The third kappa shape index (κ3) is 4.04. The molecule has 1 N–H and O–H groups in total. The molecule has 0 radical (unpaired) electrons. The van der Waals surface area contributed by atoms with Gasteiger partial charge >= 0.3 is 0 Å². The molecule has 106 valence electrons. The molecular weight excluding hydrogens is 324 g/mol. The largest absolute Gasteiger partial charge is 0.342 e. The number of hydrogen-bond acceptors (Lipinski definition) is 3. The fourth-order valence-corrected chi connectivity index (χ4v) is 3.80. The lowest BCUT2D eigenvalue weighted by molar-refractivity contribution is -0.135. The van der Waals surface area contributed by atoms with Gasteiger partial charge in [-0.15, -0.1) is 11.3 Å². The van der Waals surface area contributed by atoms with Crippen molar-refractivity contribution in [3.63, 3.8) is 0 Å². The van der Waals surface area contributed by atoms with Crippen LogP contribution in [0, 0.1) is 5.92 Å². The highest BCUT2D eigenvalue weighted by molar-refractivity contribution is 9.10. The van der Waals surface area contributed by atoms with Gasteiger partial charge in [-0.2, -0.15) is 0 Å². The van der Waals surface area contributed by atoms with E-state index in [0.29, 0.717) is 11.9 Å². The van der Waals surface area contributed by atoms with Gasteiger partial charge in [0.2, 0.25) is 5.91 Å². The van der Waals surface area contributed by atoms with Gasteiger partial charge in [-0.3, -0.25) is 4.79 Å². The molecule has 0 spiro atoms. The monoisotopic (exact) mass is 344 g/mol. The molecule has 2 rings (SSSR count). The fraction of sp³-hybridized carbons (Fsp3) is 0.643. The lowest BCUT2D eigenvalue weighted by Gasteiger charge is -2.33. The summed E-state index contributed by atoms with van der Waals surface area (Å²) in [5, 5.41) is 5.70. The number of carbonyl (C=O) groups excluding carboxylic acids is 1. The maximum atomic E-state index is 11.9. The van der Waals surface area contributed by atoms with Crippen molar-refractivity contribution in [2.24, 2.45) is 5.92 Å². The lowest BCUT2D eigenvalue weighted by atomic mass is 10.0. The molecule has 1 fully saturated rings. The summed E-state index contributed by atoms with van der Waals surface area (Å²) in [6.07, 6.45) is 2.11. The number of rotatable bonds is 4. The smallest absolute Gasteiger partial charge is 0.225 e. The Morgan fingerprint density at radius 1 is 1.53 bits per heavy atom. The minimum Gasteiger partial charge on any atom is -0.342 e. The zero-order chi connectivity index (χ0) is 13.8. The summed E-state index contributed by atoms with van der Waals surface area (Å²) in [7, 11) is 0. The molecule has 1 aromatic heterocycles. The predicted octanol–water partition coefficient (Wildman–Crippen LogP) is 3.25. The third-order valence-electron chi connectivity index (χ3n) is 3.54. The summed E-state index contributed by atoms with van der Waals surface area (Å²) in [6, 6.07) is 2.62. The molecule has 0 unspecified atom stereocenters. The Hall–Kier alpha value is -0.390. The maximum absolute atomic E-state index is 11.9. The van der Waals surface area contributed by atoms with Crippen LogP contribution in [-0.4, -0.2) is 29.9 Å². The van der Waals surface area contributed by atoms with Crippen LogP contribution >= 0.6 is 27.3 Å².